The van der Waals surface area contributed by atoms with E-state index in [0.717, 1.165) is 5.56 Å². The van der Waals surface area contributed by atoms with Crippen LogP contribution in [0.4, 0.5) is 11.6 Å². The Bertz CT molecular complexity index is 1470. The molecule has 2 aromatic carbocycles. The molecule has 0 bridgehead atoms. The van der Waals surface area contributed by atoms with E-state index in [9.17, 15) is 19.7 Å². The lowest BCUT2D eigenvalue weighted by atomic mass is 10.1. The normalized spacial score (nSPS) is 11.6. The largest absolute Gasteiger partial charge is 0.329 e. The Morgan fingerprint density at radius 1 is 1.15 bits per heavy atom. The molecule has 2 heterocycles. The second-order valence-electron chi connectivity index (χ2n) is 7.43. The number of nitro groups is 1. The van der Waals surface area contributed by atoms with Crippen molar-refractivity contribution in [1.82, 2.24) is 19.1 Å². The highest BCUT2D eigenvalue weighted by molar-refractivity contribution is 5.99. The van der Waals surface area contributed by atoms with Crippen molar-refractivity contribution in [3.63, 3.8) is 0 Å². The minimum absolute atomic E-state index is 0.0117. The quantitative estimate of drug-likeness (QED) is 0.253. The predicted octanol–water partition coefficient (Wildman–Crippen LogP) is 2.41. The number of H-pyrrole nitrogens is 1. The molecule has 0 fully saturated rings. The zero-order valence-corrected chi connectivity index (χ0v) is 18.0. The summed E-state index contributed by atoms with van der Waals surface area (Å²) < 4.78 is 2.96. The van der Waals surface area contributed by atoms with E-state index < -0.39 is 16.2 Å². The molecule has 0 radical (unpaired) electrons. The van der Waals surface area contributed by atoms with Gasteiger partial charge in [0.05, 0.1) is 10.6 Å². The van der Waals surface area contributed by atoms with Crippen molar-refractivity contribution in [1.29, 1.82) is 0 Å². The van der Waals surface area contributed by atoms with Crippen molar-refractivity contribution in [2.45, 2.75) is 19.9 Å². The highest BCUT2D eigenvalue weighted by atomic mass is 16.6. The van der Waals surface area contributed by atoms with Crippen LogP contribution >= 0.6 is 0 Å². The van der Waals surface area contributed by atoms with Crippen LogP contribution in [-0.2, 0) is 20.0 Å². The first-order chi connectivity index (χ1) is 15.8. The van der Waals surface area contributed by atoms with E-state index in [1.807, 2.05) is 30.3 Å². The molecule has 0 unspecified atom stereocenters. The van der Waals surface area contributed by atoms with Crippen LogP contribution in [-0.4, -0.2) is 29.7 Å². The lowest BCUT2D eigenvalue weighted by Crippen LogP contribution is -2.29. The molecule has 33 heavy (non-hydrogen) atoms. The number of aromatic amines is 1. The Kier molecular flexibility index (Phi) is 5.85. The average molecular weight is 447 g/mol. The molecule has 4 aromatic rings. The molecule has 0 spiro atoms. The van der Waals surface area contributed by atoms with Crippen molar-refractivity contribution < 1.29 is 4.92 Å². The second kappa shape index (κ2) is 8.91. The molecule has 0 saturated carbocycles. The molecule has 2 aromatic heterocycles. The number of hydrogen-bond donors (Lipinski definition) is 2. The number of nitrogens with zero attached hydrogens (tertiary/aromatic N) is 5. The van der Waals surface area contributed by atoms with Crippen molar-refractivity contribution in [3.05, 3.63) is 96.7 Å². The Morgan fingerprint density at radius 2 is 1.85 bits per heavy atom. The molecule has 11 heteroatoms. The number of anilines is 1. The summed E-state index contributed by atoms with van der Waals surface area (Å²) in [4.78, 5) is 41.8. The number of rotatable bonds is 7. The fraction of sp³-hybridized carbons (Fsp3) is 0.182. The lowest BCUT2D eigenvalue weighted by molar-refractivity contribution is -0.384. The molecular weight excluding hydrogens is 426 g/mol. The molecule has 0 atom stereocenters. The number of aryl methyl sites for hydroxylation is 3. The number of imidazole rings is 1. The number of hydrazone groups is 1. The third-order valence-corrected chi connectivity index (χ3v) is 5.29. The molecule has 4 rings (SSSR count). The highest BCUT2D eigenvalue weighted by Crippen LogP contribution is 2.18. The minimum Gasteiger partial charge on any atom is -0.303 e. The molecule has 168 valence electrons. The van der Waals surface area contributed by atoms with E-state index in [4.69, 9.17) is 0 Å². The summed E-state index contributed by atoms with van der Waals surface area (Å²) in [5.41, 5.74) is 4.62. The number of nitrogens with one attached hydrogen (secondary N) is 2. The SMILES string of the molecule is C/C(=N\Nc1nc2c(c(=O)[nH]c(=O)n2C)n1CCc1ccccc1)c1ccc([N+](=O)[O-])cc1. The monoisotopic (exact) mass is 447 g/mol. The van der Waals surface area contributed by atoms with Gasteiger partial charge in [-0.1, -0.05) is 30.3 Å². The Morgan fingerprint density at radius 3 is 2.52 bits per heavy atom. The van der Waals surface area contributed by atoms with E-state index in [0.29, 0.717) is 30.2 Å². The first-order valence-electron chi connectivity index (χ1n) is 10.1. The predicted molar refractivity (Wildman–Crippen MR) is 125 cm³/mol. The summed E-state index contributed by atoms with van der Waals surface area (Å²) in [6.45, 7) is 2.17. The summed E-state index contributed by atoms with van der Waals surface area (Å²) in [5, 5.41) is 15.2. The van der Waals surface area contributed by atoms with Gasteiger partial charge in [0, 0.05) is 25.7 Å². The number of non-ortho nitro benzene ring substituents is 1. The van der Waals surface area contributed by atoms with E-state index in [1.54, 1.807) is 23.6 Å². The van der Waals surface area contributed by atoms with Gasteiger partial charge >= 0.3 is 5.69 Å². The first kappa shape index (κ1) is 21.7. The molecule has 0 aliphatic heterocycles. The van der Waals surface area contributed by atoms with E-state index in [1.165, 1.54) is 23.7 Å². The van der Waals surface area contributed by atoms with E-state index in [2.05, 4.69) is 20.5 Å². The van der Waals surface area contributed by atoms with Crippen molar-refractivity contribution in [3.8, 4) is 0 Å². The van der Waals surface area contributed by atoms with E-state index >= 15 is 0 Å². The smallest absolute Gasteiger partial charge is 0.303 e. The molecule has 11 nitrogen and oxygen atoms in total. The maximum Gasteiger partial charge on any atom is 0.329 e. The third-order valence-electron chi connectivity index (χ3n) is 5.29. The summed E-state index contributed by atoms with van der Waals surface area (Å²) in [5.74, 6) is 0.300. The van der Waals surface area contributed by atoms with Gasteiger partial charge in [-0.3, -0.25) is 24.5 Å². The molecule has 0 saturated heterocycles. The standard InChI is InChI=1S/C22H21N7O4/c1-14(16-8-10-17(11-9-16)29(32)33)25-26-21-23-19-18(20(30)24-22(31)27(19)2)28(21)13-12-15-6-4-3-5-7-15/h3-11H,12-13H2,1-2H3,(H,23,26)(H,24,30,31)/b25-14+. The summed E-state index contributed by atoms with van der Waals surface area (Å²) in [6.07, 6.45) is 0.633. The van der Waals surface area contributed by atoms with Crippen LogP contribution < -0.4 is 16.7 Å². The van der Waals surface area contributed by atoms with Crippen LogP contribution in [0, 0.1) is 10.1 Å². The lowest BCUT2D eigenvalue weighted by Gasteiger charge is -2.09. The van der Waals surface area contributed by atoms with Gasteiger partial charge in [0.15, 0.2) is 11.2 Å². The highest BCUT2D eigenvalue weighted by Gasteiger charge is 2.17. The van der Waals surface area contributed by atoms with Crippen LogP contribution in [0.1, 0.15) is 18.1 Å². The zero-order chi connectivity index (χ0) is 23.5. The first-order valence-corrected chi connectivity index (χ1v) is 10.1. The van der Waals surface area contributed by atoms with Crippen LogP contribution in [0.5, 0.6) is 0 Å². The van der Waals surface area contributed by atoms with Gasteiger partial charge in [0.2, 0.25) is 5.95 Å². The fourth-order valence-corrected chi connectivity index (χ4v) is 3.45. The van der Waals surface area contributed by atoms with Crippen molar-refractivity contribution >= 4 is 28.5 Å². The van der Waals surface area contributed by atoms with Crippen LogP contribution in [0.15, 0.2) is 69.3 Å². The third kappa shape index (κ3) is 4.42. The van der Waals surface area contributed by atoms with Gasteiger partial charge in [0.25, 0.3) is 11.2 Å². The summed E-state index contributed by atoms with van der Waals surface area (Å²) >= 11 is 0. The van der Waals surface area contributed by atoms with Gasteiger partial charge in [-0.2, -0.15) is 10.1 Å². The van der Waals surface area contributed by atoms with Gasteiger partial charge in [-0.05, 0) is 36.6 Å². The summed E-state index contributed by atoms with van der Waals surface area (Å²) in [6, 6.07) is 15.8. The number of nitro benzene ring substituents is 1. The Hall–Kier alpha value is -4.54. The van der Waals surface area contributed by atoms with Crippen molar-refractivity contribution in [2.24, 2.45) is 12.1 Å². The number of hydrogen-bond acceptors (Lipinski definition) is 7. The second-order valence-corrected chi connectivity index (χ2v) is 7.43. The van der Waals surface area contributed by atoms with Gasteiger partial charge in [-0.15, -0.1) is 0 Å². The molecule has 0 aliphatic rings. The molecule has 2 N–H and O–H groups in total. The van der Waals surface area contributed by atoms with Crippen LogP contribution in [0.3, 0.4) is 0 Å². The van der Waals surface area contributed by atoms with Crippen LogP contribution in [0.2, 0.25) is 0 Å². The molecule has 0 amide bonds. The maximum atomic E-state index is 12.6. The zero-order valence-electron chi connectivity index (χ0n) is 18.0. The van der Waals surface area contributed by atoms with Gasteiger partial charge in [-0.25, -0.2) is 10.2 Å². The number of fused-ring (bicyclic) bond motifs is 1. The maximum absolute atomic E-state index is 12.6. The average Bonchev–Trinajstić information content (AvgIpc) is 3.19. The van der Waals surface area contributed by atoms with Gasteiger partial charge in [0.1, 0.15) is 0 Å². The summed E-state index contributed by atoms with van der Waals surface area (Å²) in [7, 11) is 1.53. The van der Waals surface area contributed by atoms with E-state index in [-0.39, 0.29) is 16.9 Å². The fourth-order valence-electron chi connectivity index (χ4n) is 3.45. The number of aromatic nitrogens is 4. The van der Waals surface area contributed by atoms with Gasteiger partial charge < -0.3 is 4.57 Å². The molecule has 0 aliphatic carbocycles. The Balaban J connectivity index is 1.71. The Labute approximate surface area is 187 Å². The topological polar surface area (TPSA) is 140 Å². The van der Waals surface area contributed by atoms with Crippen LogP contribution in [0.25, 0.3) is 11.2 Å². The number of benzene rings is 2. The van der Waals surface area contributed by atoms with Crippen molar-refractivity contribution in [2.75, 3.05) is 5.43 Å². The molecular formula is C22H21N7O4. The minimum atomic E-state index is -0.558.